The normalized spacial score (nSPS) is 19.0. The van der Waals surface area contributed by atoms with Crippen molar-refractivity contribution in [1.29, 1.82) is 0 Å². The minimum atomic E-state index is 0.698. The summed E-state index contributed by atoms with van der Waals surface area (Å²) in [6.07, 6.45) is 0. The zero-order valence-corrected chi connectivity index (χ0v) is 14.7. The molecular formula is C20H22N4O2. The van der Waals surface area contributed by atoms with E-state index >= 15 is 0 Å². The Morgan fingerprint density at radius 3 is 2.58 bits per heavy atom. The predicted octanol–water partition coefficient (Wildman–Crippen LogP) is 2.66. The number of benzene rings is 2. The van der Waals surface area contributed by atoms with Crippen molar-refractivity contribution in [1.82, 2.24) is 15.2 Å². The van der Waals surface area contributed by atoms with Crippen LogP contribution in [0.3, 0.4) is 0 Å². The molecule has 6 heteroatoms. The molecule has 0 amide bonds. The standard InChI is InChI=1S/C20H22N4O2/c1-2-4-16(5-3-1)17-10-18-20(22-26-21-18)19(11-17)24-13-15(14-24)12-23-6-8-25-9-7-23/h1-5,10-11,15H,6-9,12-14H2. The Bertz CT molecular complexity index is 883. The molecule has 5 rings (SSSR count). The van der Waals surface area contributed by atoms with Crippen LogP contribution in [0.25, 0.3) is 22.2 Å². The van der Waals surface area contributed by atoms with E-state index in [1.54, 1.807) is 0 Å². The summed E-state index contributed by atoms with van der Waals surface area (Å²) in [6.45, 7) is 7.09. The van der Waals surface area contributed by atoms with E-state index in [9.17, 15) is 0 Å². The minimum absolute atomic E-state index is 0.698. The number of fused-ring (bicyclic) bond motifs is 1. The molecule has 26 heavy (non-hydrogen) atoms. The van der Waals surface area contributed by atoms with Crippen molar-refractivity contribution in [3.05, 3.63) is 42.5 Å². The molecule has 134 valence electrons. The van der Waals surface area contributed by atoms with Crippen molar-refractivity contribution in [3.63, 3.8) is 0 Å². The molecule has 2 aliphatic rings. The van der Waals surface area contributed by atoms with Crippen LogP contribution in [0.4, 0.5) is 5.69 Å². The molecule has 0 N–H and O–H groups in total. The Kier molecular flexibility index (Phi) is 4.07. The maximum absolute atomic E-state index is 5.44. The Morgan fingerprint density at radius 1 is 0.962 bits per heavy atom. The first-order chi connectivity index (χ1) is 12.9. The minimum Gasteiger partial charge on any atom is -0.379 e. The third-order valence-electron chi connectivity index (χ3n) is 5.37. The monoisotopic (exact) mass is 350 g/mol. The number of hydrogen-bond donors (Lipinski definition) is 0. The Hall–Kier alpha value is -2.44. The van der Waals surface area contributed by atoms with E-state index in [-0.39, 0.29) is 0 Å². The van der Waals surface area contributed by atoms with Crippen LogP contribution < -0.4 is 4.90 Å². The van der Waals surface area contributed by atoms with Crippen molar-refractivity contribution in [2.45, 2.75) is 0 Å². The summed E-state index contributed by atoms with van der Waals surface area (Å²) < 4.78 is 10.5. The van der Waals surface area contributed by atoms with Gasteiger partial charge in [0, 0.05) is 38.6 Å². The highest BCUT2D eigenvalue weighted by molar-refractivity contribution is 5.93. The molecule has 1 aromatic heterocycles. The molecule has 0 unspecified atom stereocenters. The molecule has 0 aliphatic carbocycles. The van der Waals surface area contributed by atoms with Gasteiger partial charge in [-0.3, -0.25) is 4.90 Å². The van der Waals surface area contributed by atoms with Crippen LogP contribution in [0.1, 0.15) is 0 Å². The van der Waals surface area contributed by atoms with Crippen molar-refractivity contribution >= 4 is 16.7 Å². The SMILES string of the molecule is c1ccc(-c2cc(N3CC(CN4CCOCC4)C3)c3nonc3c2)cc1. The number of rotatable bonds is 4. The predicted molar refractivity (Wildman–Crippen MR) is 100 cm³/mol. The largest absolute Gasteiger partial charge is 0.379 e. The van der Waals surface area contributed by atoms with Crippen LogP contribution >= 0.6 is 0 Å². The molecule has 6 nitrogen and oxygen atoms in total. The van der Waals surface area contributed by atoms with Gasteiger partial charge in [0.25, 0.3) is 0 Å². The number of hydrogen-bond acceptors (Lipinski definition) is 6. The van der Waals surface area contributed by atoms with Gasteiger partial charge in [-0.05, 0) is 33.6 Å². The fraction of sp³-hybridized carbons (Fsp3) is 0.400. The maximum Gasteiger partial charge on any atom is 0.158 e. The number of morpholine rings is 1. The summed E-state index contributed by atoms with van der Waals surface area (Å²) in [5.41, 5.74) is 5.14. The summed E-state index contributed by atoms with van der Waals surface area (Å²) in [5.74, 6) is 0.698. The van der Waals surface area contributed by atoms with Gasteiger partial charge in [-0.25, -0.2) is 4.63 Å². The van der Waals surface area contributed by atoms with Gasteiger partial charge >= 0.3 is 0 Å². The molecular weight excluding hydrogens is 328 g/mol. The van der Waals surface area contributed by atoms with Gasteiger partial charge in [0.15, 0.2) is 5.52 Å². The number of nitrogens with zero attached hydrogens (tertiary/aromatic N) is 4. The van der Waals surface area contributed by atoms with Crippen LogP contribution in [0.15, 0.2) is 47.1 Å². The average Bonchev–Trinajstić information content (AvgIpc) is 3.14. The van der Waals surface area contributed by atoms with Gasteiger partial charge in [-0.2, -0.15) is 0 Å². The summed E-state index contributed by atoms with van der Waals surface area (Å²) in [4.78, 5) is 4.91. The molecule has 3 aromatic rings. The van der Waals surface area contributed by atoms with E-state index in [1.165, 1.54) is 5.56 Å². The van der Waals surface area contributed by atoms with Crippen molar-refractivity contribution in [3.8, 4) is 11.1 Å². The first-order valence-electron chi connectivity index (χ1n) is 9.23. The van der Waals surface area contributed by atoms with Crippen molar-refractivity contribution in [2.24, 2.45) is 5.92 Å². The fourth-order valence-electron chi connectivity index (χ4n) is 3.94. The smallest absolute Gasteiger partial charge is 0.158 e. The number of anilines is 1. The van der Waals surface area contributed by atoms with E-state index in [0.717, 1.165) is 68.2 Å². The van der Waals surface area contributed by atoms with E-state index in [4.69, 9.17) is 9.37 Å². The van der Waals surface area contributed by atoms with Gasteiger partial charge in [-0.1, -0.05) is 30.3 Å². The quantitative estimate of drug-likeness (QED) is 0.721. The molecule has 0 bridgehead atoms. The Balaban J connectivity index is 1.36. The van der Waals surface area contributed by atoms with Crippen LogP contribution in [0, 0.1) is 5.92 Å². The third kappa shape index (κ3) is 2.95. The fourth-order valence-corrected chi connectivity index (χ4v) is 3.94. The lowest BCUT2D eigenvalue weighted by molar-refractivity contribution is 0.0286. The number of aromatic nitrogens is 2. The van der Waals surface area contributed by atoms with E-state index < -0.39 is 0 Å². The Labute approximate surface area is 152 Å². The molecule has 2 fully saturated rings. The molecule has 0 atom stereocenters. The zero-order chi connectivity index (χ0) is 17.3. The second-order valence-electron chi connectivity index (χ2n) is 7.18. The lowest BCUT2D eigenvalue weighted by Crippen LogP contribution is -2.53. The third-order valence-corrected chi connectivity index (χ3v) is 5.37. The molecule has 2 aromatic carbocycles. The van der Waals surface area contributed by atoms with Crippen LogP contribution in [-0.2, 0) is 4.74 Å². The molecule has 0 radical (unpaired) electrons. The van der Waals surface area contributed by atoms with E-state index in [1.807, 2.05) is 6.07 Å². The molecule has 0 saturated carbocycles. The summed E-state index contributed by atoms with van der Waals surface area (Å²) in [5, 5.41) is 8.23. The van der Waals surface area contributed by atoms with Crippen LogP contribution in [0.2, 0.25) is 0 Å². The van der Waals surface area contributed by atoms with Gasteiger partial charge in [0.2, 0.25) is 0 Å². The van der Waals surface area contributed by atoms with Gasteiger partial charge < -0.3 is 9.64 Å². The highest BCUT2D eigenvalue weighted by Gasteiger charge is 2.31. The molecule has 0 spiro atoms. The second-order valence-corrected chi connectivity index (χ2v) is 7.18. The summed E-state index contributed by atoms with van der Waals surface area (Å²) in [7, 11) is 0. The van der Waals surface area contributed by atoms with Gasteiger partial charge in [0.05, 0.1) is 18.9 Å². The maximum atomic E-state index is 5.44. The average molecular weight is 350 g/mol. The van der Waals surface area contributed by atoms with Crippen LogP contribution in [-0.4, -0.2) is 61.2 Å². The highest BCUT2D eigenvalue weighted by Crippen LogP contribution is 2.35. The highest BCUT2D eigenvalue weighted by atomic mass is 16.6. The first kappa shape index (κ1) is 15.8. The summed E-state index contributed by atoms with van der Waals surface area (Å²) in [6, 6.07) is 14.7. The van der Waals surface area contributed by atoms with Crippen LogP contribution in [0.5, 0.6) is 0 Å². The lowest BCUT2D eigenvalue weighted by Gasteiger charge is -2.43. The Morgan fingerprint density at radius 2 is 1.77 bits per heavy atom. The van der Waals surface area contributed by atoms with Gasteiger partial charge in [0.1, 0.15) is 5.52 Å². The topological polar surface area (TPSA) is 54.6 Å². The molecule has 3 heterocycles. The second kappa shape index (κ2) is 6.70. The number of ether oxygens (including phenoxy) is 1. The summed E-state index contributed by atoms with van der Waals surface area (Å²) >= 11 is 0. The molecule has 2 aliphatic heterocycles. The first-order valence-corrected chi connectivity index (χ1v) is 9.23. The van der Waals surface area contributed by atoms with E-state index in [2.05, 4.69) is 56.5 Å². The van der Waals surface area contributed by atoms with E-state index in [0.29, 0.717) is 5.92 Å². The van der Waals surface area contributed by atoms with Crippen molar-refractivity contribution < 1.29 is 9.37 Å². The molecule has 2 saturated heterocycles. The lowest BCUT2D eigenvalue weighted by atomic mass is 9.96. The van der Waals surface area contributed by atoms with Crippen molar-refractivity contribution in [2.75, 3.05) is 50.8 Å². The van der Waals surface area contributed by atoms with Gasteiger partial charge in [-0.15, -0.1) is 0 Å². The zero-order valence-electron chi connectivity index (χ0n) is 14.7.